The molecule has 4 N–H and O–H groups in total. The number of esters is 1. The molecule has 10 heteroatoms. The van der Waals surface area contributed by atoms with Crippen LogP contribution in [0.1, 0.15) is 107 Å². The van der Waals surface area contributed by atoms with E-state index in [1.807, 2.05) is 20.8 Å². The van der Waals surface area contributed by atoms with Crippen molar-refractivity contribution in [3.8, 4) is 0 Å². The number of ketones is 1. The number of nitrogens with two attached hydrogens (primary N) is 1. The number of amidine groups is 1. The summed E-state index contributed by atoms with van der Waals surface area (Å²) in [6.07, 6.45) is 8.34. The summed E-state index contributed by atoms with van der Waals surface area (Å²) in [7, 11) is 0. The number of hydrogen-bond acceptors (Lipinski definition) is 7. The number of rotatable bonds is 7. The van der Waals surface area contributed by atoms with E-state index in [4.69, 9.17) is 25.0 Å². The number of furan rings is 1. The Bertz CT molecular complexity index is 1760. The summed E-state index contributed by atoms with van der Waals surface area (Å²) in [5.41, 5.74) is 4.28. The first-order valence-electron chi connectivity index (χ1n) is 15.4. The molecule has 0 bridgehead atoms. The van der Waals surface area contributed by atoms with Crippen molar-refractivity contribution < 1.29 is 28.3 Å². The Morgan fingerprint density at radius 2 is 1.64 bits per heavy atom. The third-order valence-corrected chi connectivity index (χ3v) is 8.17. The van der Waals surface area contributed by atoms with Crippen molar-refractivity contribution >= 4 is 34.5 Å². The maximum Gasteiger partial charge on any atom is 0.418 e. The summed E-state index contributed by atoms with van der Waals surface area (Å²) >= 11 is 0. The van der Waals surface area contributed by atoms with Crippen molar-refractivity contribution in [3.63, 3.8) is 0 Å². The molecule has 238 valence electrons. The molecule has 45 heavy (non-hydrogen) atoms. The van der Waals surface area contributed by atoms with E-state index in [1.165, 1.54) is 10.8 Å². The van der Waals surface area contributed by atoms with Gasteiger partial charge in [-0.25, -0.2) is 4.79 Å². The number of H-pyrrole nitrogens is 1. The molecule has 0 radical (unpaired) electrons. The highest BCUT2D eigenvalue weighted by atomic mass is 16.6. The number of aromatic nitrogens is 2. The number of fused-ring (bicyclic) bond motifs is 1. The van der Waals surface area contributed by atoms with E-state index >= 15 is 0 Å². The smallest absolute Gasteiger partial charge is 0.418 e. The lowest BCUT2D eigenvalue weighted by Crippen LogP contribution is -2.50. The monoisotopic (exact) mass is 614 g/mol. The molecule has 3 heterocycles. The Labute approximate surface area is 262 Å². The van der Waals surface area contributed by atoms with Crippen LogP contribution >= 0.6 is 0 Å². The Kier molecular flexibility index (Phi) is 8.29. The lowest BCUT2D eigenvalue weighted by molar-refractivity contribution is -0.163. The fraction of sp³-hybridized carbons (Fsp3) is 0.429. The van der Waals surface area contributed by atoms with Crippen LogP contribution < -0.4 is 5.73 Å². The van der Waals surface area contributed by atoms with Crippen LogP contribution in [0.5, 0.6) is 0 Å². The highest BCUT2D eigenvalue weighted by molar-refractivity contribution is 6.15. The second kappa shape index (κ2) is 11.7. The van der Waals surface area contributed by atoms with Gasteiger partial charge in [-0.1, -0.05) is 25.3 Å². The van der Waals surface area contributed by atoms with Gasteiger partial charge in [0.2, 0.25) is 5.78 Å². The highest BCUT2D eigenvalue weighted by Gasteiger charge is 2.54. The summed E-state index contributed by atoms with van der Waals surface area (Å²) in [4.78, 5) is 45.4. The minimum Gasteiger partial charge on any atom is -0.460 e. The number of carbonyl (C=O) groups is 3. The first-order valence-corrected chi connectivity index (χ1v) is 15.4. The van der Waals surface area contributed by atoms with Crippen molar-refractivity contribution in [1.82, 2.24) is 9.55 Å². The van der Waals surface area contributed by atoms with Crippen LogP contribution in [0.2, 0.25) is 0 Å². The Morgan fingerprint density at radius 3 is 2.29 bits per heavy atom. The average Bonchev–Trinajstić information content (AvgIpc) is 3.72. The molecule has 1 saturated carbocycles. The van der Waals surface area contributed by atoms with Crippen LogP contribution in [0.3, 0.4) is 0 Å². The number of nitrogens with zero attached hydrogens (tertiary/aromatic N) is 1. The summed E-state index contributed by atoms with van der Waals surface area (Å²) in [6.45, 7) is 10.8. The molecule has 3 aromatic heterocycles. The molecule has 1 atom stereocenters. The predicted molar refractivity (Wildman–Crippen MR) is 171 cm³/mol. The zero-order valence-corrected chi connectivity index (χ0v) is 26.8. The van der Waals surface area contributed by atoms with Gasteiger partial charge in [-0.05, 0) is 90.6 Å². The lowest BCUT2D eigenvalue weighted by atomic mass is 9.64. The molecule has 4 aromatic rings. The normalized spacial score (nSPS) is 15.9. The molecule has 10 nitrogen and oxygen atoms in total. The van der Waals surface area contributed by atoms with Gasteiger partial charge in [0.25, 0.3) is 0 Å². The molecule has 0 aliphatic heterocycles. The van der Waals surface area contributed by atoms with Crippen LogP contribution in [0, 0.1) is 11.3 Å². The highest BCUT2D eigenvalue weighted by Crippen LogP contribution is 2.48. The molecular weight excluding hydrogens is 572 g/mol. The first kappa shape index (κ1) is 31.8. The third-order valence-electron chi connectivity index (χ3n) is 8.17. The van der Waals surface area contributed by atoms with Gasteiger partial charge in [0, 0.05) is 40.0 Å². The second-order valence-corrected chi connectivity index (χ2v) is 13.8. The summed E-state index contributed by atoms with van der Waals surface area (Å²) in [5, 5.41) is 8.94. The van der Waals surface area contributed by atoms with Crippen molar-refractivity contribution in [2.24, 2.45) is 11.7 Å². The van der Waals surface area contributed by atoms with E-state index in [0.717, 1.165) is 32.1 Å². The van der Waals surface area contributed by atoms with E-state index in [2.05, 4.69) is 4.98 Å². The van der Waals surface area contributed by atoms with Crippen LogP contribution in [-0.2, 0) is 19.7 Å². The largest absolute Gasteiger partial charge is 0.460 e. The van der Waals surface area contributed by atoms with E-state index < -0.39 is 28.7 Å². The van der Waals surface area contributed by atoms with Gasteiger partial charge >= 0.3 is 12.1 Å². The van der Waals surface area contributed by atoms with E-state index in [1.54, 1.807) is 69.6 Å². The van der Waals surface area contributed by atoms with Crippen molar-refractivity contribution in [3.05, 3.63) is 83.3 Å². The number of benzene rings is 1. The van der Waals surface area contributed by atoms with Gasteiger partial charge in [-0.3, -0.25) is 19.6 Å². The first-order chi connectivity index (χ1) is 21.1. The van der Waals surface area contributed by atoms with E-state index in [9.17, 15) is 14.4 Å². The standard InChI is InChI=1S/C35H42N4O6/c1-33(2,3)44-31(41)35(24-11-8-7-9-12-24,27-13-10-16-39(27)32(42)45-34(4,5)6)26-18-22(19-38-26)28(40)29-25-15-14-21(30(36)37)17-23(25)20-43-29/h10,13-20,24,38H,7-9,11-12H2,1-6H3,(H3,36,37). The zero-order chi connectivity index (χ0) is 32.7. The van der Waals surface area contributed by atoms with Crippen LogP contribution in [0.15, 0.2) is 59.5 Å². The molecule has 1 aliphatic carbocycles. The quantitative estimate of drug-likeness (QED) is 0.0871. The topological polar surface area (TPSA) is 153 Å². The molecule has 1 aromatic carbocycles. The Hall–Kier alpha value is -4.60. The maximum atomic E-state index is 14.7. The number of hydrogen-bond donors (Lipinski definition) is 3. The number of nitrogen functional groups attached to an aromatic ring is 1. The van der Waals surface area contributed by atoms with Gasteiger partial charge < -0.3 is 24.6 Å². The number of aromatic amines is 1. The second-order valence-electron chi connectivity index (χ2n) is 13.8. The molecule has 5 rings (SSSR count). The fourth-order valence-electron chi connectivity index (χ4n) is 6.30. The predicted octanol–water partition coefficient (Wildman–Crippen LogP) is 7.07. The zero-order valence-electron chi connectivity index (χ0n) is 26.8. The number of ether oxygens (including phenoxy) is 2. The van der Waals surface area contributed by atoms with Crippen molar-refractivity contribution in [2.75, 3.05) is 0 Å². The van der Waals surface area contributed by atoms with Gasteiger partial charge in [-0.15, -0.1) is 0 Å². The average molecular weight is 615 g/mol. The van der Waals surface area contributed by atoms with Crippen LogP contribution in [-0.4, -0.2) is 44.4 Å². The SMILES string of the molecule is CC(C)(C)OC(=O)n1cccc1C(C(=O)OC(C)(C)C)(c1cc(C(=O)c2occ3cc(C(=N)N)ccc23)c[nH]1)C1CCCCC1. The van der Waals surface area contributed by atoms with Gasteiger partial charge in [0.15, 0.2) is 11.2 Å². The summed E-state index contributed by atoms with van der Waals surface area (Å²) in [6, 6.07) is 10.2. The van der Waals surface area contributed by atoms with E-state index in [0.29, 0.717) is 27.7 Å². The van der Waals surface area contributed by atoms with E-state index in [-0.39, 0.29) is 28.9 Å². The van der Waals surface area contributed by atoms with Gasteiger partial charge in [0.1, 0.15) is 17.0 Å². The number of carbonyl (C=O) groups excluding carboxylic acids is 3. The fourth-order valence-corrected chi connectivity index (χ4v) is 6.30. The Morgan fingerprint density at radius 1 is 0.956 bits per heavy atom. The lowest BCUT2D eigenvalue weighted by Gasteiger charge is -2.42. The van der Waals surface area contributed by atoms with Crippen molar-refractivity contribution in [2.45, 2.75) is 90.3 Å². The molecule has 1 unspecified atom stereocenters. The molecular formula is C35H42N4O6. The minimum atomic E-state index is -1.45. The molecule has 0 saturated heterocycles. The van der Waals surface area contributed by atoms with Crippen LogP contribution in [0.25, 0.3) is 10.8 Å². The number of nitrogens with one attached hydrogen (secondary N) is 2. The Balaban J connectivity index is 1.68. The maximum absolute atomic E-state index is 14.7. The summed E-state index contributed by atoms with van der Waals surface area (Å²) in [5.74, 6) is -1.08. The van der Waals surface area contributed by atoms with Crippen LogP contribution in [0.4, 0.5) is 4.79 Å². The van der Waals surface area contributed by atoms with Gasteiger partial charge in [-0.2, -0.15) is 0 Å². The van der Waals surface area contributed by atoms with Crippen molar-refractivity contribution in [1.29, 1.82) is 5.41 Å². The summed E-state index contributed by atoms with van der Waals surface area (Å²) < 4.78 is 19.0. The minimum absolute atomic E-state index is 0.0846. The van der Waals surface area contributed by atoms with Gasteiger partial charge in [0.05, 0.1) is 12.0 Å². The molecule has 0 spiro atoms. The molecule has 1 fully saturated rings. The third kappa shape index (κ3) is 6.18. The molecule has 0 amide bonds. The molecule has 1 aliphatic rings.